The number of hydrogen-bond donors (Lipinski definition) is 7. The fourth-order valence-corrected chi connectivity index (χ4v) is 2.21. The third-order valence-electron chi connectivity index (χ3n) is 3.57. The first-order chi connectivity index (χ1) is 9.86. The minimum Gasteiger partial charge on any atom is -0.394 e. The zero-order chi connectivity index (χ0) is 15.7. The van der Waals surface area contributed by atoms with Crippen molar-refractivity contribution in [3.8, 4) is 0 Å². The van der Waals surface area contributed by atoms with E-state index in [2.05, 4.69) is 0 Å². The van der Waals surface area contributed by atoms with Crippen LogP contribution in [0.15, 0.2) is 0 Å². The van der Waals surface area contributed by atoms with Crippen LogP contribution in [0.2, 0.25) is 0 Å². The van der Waals surface area contributed by atoms with Crippen molar-refractivity contribution >= 4 is 0 Å². The summed E-state index contributed by atoms with van der Waals surface area (Å²) in [7, 11) is 0. The van der Waals surface area contributed by atoms with Gasteiger partial charge in [-0.1, -0.05) is 0 Å². The van der Waals surface area contributed by atoms with Crippen molar-refractivity contribution in [2.24, 2.45) is 0 Å². The van der Waals surface area contributed by atoms with Crippen LogP contribution in [0.1, 0.15) is 0 Å². The molecule has 0 aromatic heterocycles. The molecular formula is C11H20O10. The van der Waals surface area contributed by atoms with Crippen molar-refractivity contribution in [1.29, 1.82) is 0 Å². The van der Waals surface area contributed by atoms with E-state index in [1.807, 2.05) is 0 Å². The Kier molecular flexibility index (Phi) is 5.48. The second-order valence-electron chi connectivity index (χ2n) is 5.08. The Hall–Kier alpha value is -0.400. The zero-order valence-corrected chi connectivity index (χ0v) is 11.0. The van der Waals surface area contributed by atoms with Gasteiger partial charge < -0.3 is 50.0 Å². The summed E-state index contributed by atoms with van der Waals surface area (Å²) in [6.07, 6.45) is -13.3. The number of aliphatic hydroxyl groups excluding tert-OH is 7. The third kappa shape index (κ3) is 3.35. The summed E-state index contributed by atoms with van der Waals surface area (Å²) in [5.41, 5.74) is 0. The number of hydrogen-bond acceptors (Lipinski definition) is 10. The van der Waals surface area contributed by atoms with E-state index >= 15 is 0 Å². The molecule has 7 N–H and O–H groups in total. The lowest BCUT2D eigenvalue weighted by Crippen LogP contribution is -2.62. The largest absolute Gasteiger partial charge is 0.394 e. The van der Waals surface area contributed by atoms with Crippen LogP contribution in [-0.2, 0) is 14.2 Å². The van der Waals surface area contributed by atoms with Crippen molar-refractivity contribution in [2.45, 2.75) is 55.3 Å². The van der Waals surface area contributed by atoms with Crippen LogP contribution in [0.4, 0.5) is 0 Å². The average molecular weight is 312 g/mol. The molecule has 0 spiro atoms. The number of aliphatic hydroxyl groups is 7. The van der Waals surface area contributed by atoms with Crippen LogP contribution in [-0.4, -0.2) is 104 Å². The Bertz CT molecular complexity index is 339. The van der Waals surface area contributed by atoms with Crippen LogP contribution < -0.4 is 0 Å². The van der Waals surface area contributed by atoms with Gasteiger partial charge in [-0.05, 0) is 0 Å². The summed E-state index contributed by atoms with van der Waals surface area (Å²) in [5, 5.41) is 66.5. The maximum atomic E-state index is 9.77. The molecule has 1 unspecified atom stereocenters. The minimum atomic E-state index is -1.65. The van der Waals surface area contributed by atoms with E-state index in [-0.39, 0.29) is 6.61 Å². The number of rotatable bonds is 3. The molecule has 2 saturated heterocycles. The van der Waals surface area contributed by atoms with Gasteiger partial charge >= 0.3 is 0 Å². The Morgan fingerprint density at radius 3 is 2.05 bits per heavy atom. The van der Waals surface area contributed by atoms with Gasteiger partial charge in [0.25, 0.3) is 0 Å². The number of ether oxygens (including phenoxy) is 3. The van der Waals surface area contributed by atoms with Gasteiger partial charge in [0, 0.05) is 0 Å². The second kappa shape index (κ2) is 6.79. The highest BCUT2D eigenvalue weighted by Crippen LogP contribution is 2.25. The van der Waals surface area contributed by atoms with Gasteiger partial charge in [0.1, 0.15) is 42.7 Å². The summed E-state index contributed by atoms with van der Waals surface area (Å²) in [6, 6.07) is 0. The minimum absolute atomic E-state index is 0.305. The lowest BCUT2D eigenvalue weighted by molar-refractivity contribution is -0.365. The molecule has 21 heavy (non-hydrogen) atoms. The highest BCUT2D eigenvalue weighted by atomic mass is 16.8. The molecule has 0 bridgehead atoms. The van der Waals surface area contributed by atoms with Crippen LogP contribution in [0.5, 0.6) is 0 Å². The van der Waals surface area contributed by atoms with E-state index in [0.717, 1.165) is 0 Å². The molecule has 10 nitrogen and oxygen atoms in total. The fraction of sp³-hybridized carbons (Fsp3) is 1.00. The molecule has 124 valence electrons. The summed E-state index contributed by atoms with van der Waals surface area (Å²) >= 11 is 0. The normalized spacial score (nSPS) is 51.9. The predicted octanol–water partition coefficient (Wildman–Crippen LogP) is -4.76. The Morgan fingerprint density at radius 1 is 0.810 bits per heavy atom. The van der Waals surface area contributed by atoms with Gasteiger partial charge in [-0.15, -0.1) is 0 Å². The lowest BCUT2D eigenvalue weighted by Gasteiger charge is -2.42. The third-order valence-corrected chi connectivity index (χ3v) is 3.57. The van der Waals surface area contributed by atoms with Crippen molar-refractivity contribution in [3.05, 3.63) is 0 Å². The molecule has 2 rings (SSSR count). The first kappa shape index (κ1) is 17.0. The van der Waals surface area contributed by atoms with E-state index in [1.165, 1.54) is 0 Å². The van der Waals surface area contributed by atoms with Crippen molar-refractivity contribution in [2.75, 3.05) is 13.2 Å². The van der Waals surface area contributed by atoms with E-state index < -0.39 is 61.9 Å². The van der Waals surface area contributed by atoms with Crippen molar-refractivity contribution in [1.82, 2.24) is 0 Å². The maximum absolute atomic E-state index is 9.77. The van der Waals surface area contributed by atoms with Gasteiger partial charge in [0.2, 0.25) is 0 Å². The highest BCUT2D eigenvalue weighted by Gasteiger charge is 2.47. The van der Waals surface area contributed by atoms with E-state index in [4.69, 9.17) is 19.3 Å². The molecule has 2 aliphatic rings. The molecule has 0 radical (unpaired) electrons. The molecule has 0 saturated carbocycles. The van der Waals surface area contributed by atoms with Gasteiger partial charge in [0.05, 0.1) is 13.2 Å². The lowest BCUT2D eigenvalue weighted by atomic mass is 9.99. The topological polar surface area (TPSA) is 169 Å². The van der Waals surface area contributed by atoms with Crippen LogP contribution >= 0.6 is 0 Å². The summed E-state index contributed by atoms with van der Waals surface area (Å²) in [5.74, 6) is 0. The van der Waals surface area contributed by atoms with E-state index in [1.54, 1.807) is 0 Å². The summed E-state index contributed by atoms with van der Waals surface area (Å²) in [6.45, 7) is -0.930. The average Bonchev–Trinajstić information content (AvgIpc) is 2.48. The van der Waals surface area contributed by atoms with Crippen LogP contribution in [0, 0.1) is 0 Å². The van der Waals surface area contributed by atoms with E-state index in [9.17, 15) is 30.6 Å². The SMILES string of the molecule is OC[C@H]1O[C@@H](OC2OC[C@@H](O)[C@@H](O)[C@@H]2O)[C@H](O)[C@@H](O)[C@@H]1O. The second-order valence-corrected chi connectivity index (χ2v) is 5.08. The zero-order valence-electron chi connectivity index (χ0n) is 11.0. The smallest absolute Gasteiger partial charge is 0.189 e. The van der Waals surface area contributed by atoms with Gasteiger partial charge in [-0.2, -0.15) is 0 Å². The first-order valence-electron chi connectivity index (χ1n) is 6.48. The van der Waals surface area contributed by atoms with Gasteiger partial charge in [-0.25, -0.2) is 0 Å². The molecule has 10 heteroatoms. The van der Waals surface area contributed by atoms with Crippen LogP contribution in [0.3, 0.4) is 0 Å². The molecule has 2 heterocycles. The van der Waals surface area contributed by atoms with Crippen molar-refractivity contribution < 1.29 is 50.0 Å². The van der Waals surface area contributed by atoms with E-state index in [0.29, 0.717) is 0 Å². The molecule has 0 aromatic rings. The monoisotopic (exact) mass is 312 g/mol. The molecule has 0 aromatic carbocycles. The van der Waals surface area contributed by atoms with Crippen molar-refractivity contribution in [3.63, 3.8) is 0 Å². The molecule has 2 fully saturated rings. The van der Waals surface area contributed by atoms with Crippen LogP contribution in [0.25, 0.3) is 0 Å². The maximum Gasteiger partial charge on any atom is 0.189 e. The first-order valence-corrected chi connectivity index (χ1v) is 6.48. The quantitative estimate of drug-likeness (QED) is 0.268. The summed E-state index contributed by atoms with van der Waals surface area (Å²) < 4.78 is 15.2. The standard InChI is InChI=1S/C11H20O10/c12-1-4-6(15)7(16)9(18)11(20-4)21-10-8(17)5(14)3(13)2-19-10/h3-18H,1-2H2/t3-,4-,5-,6-,7+,8+,9-,10?,11+/m1/s1. The highest BCUT2D eigenvalue weighted by molar-refractivity contribution is 4.90. The van der Waals surface area contributed by atoms with Gasteiger partial charge in [0.15, 0.2) is 12.6 Å². The molecule has 2 aliphatic heterocycles. The Balaban J connectivity index is 2.01. The Labute approximate surface area is 119 Å². The summed E-state index contributed by atoms with van der Waals surface area (Å²) in [4.78, 5) is 0. The molecular weight excluding hydrogens is 292 g/mol. The fourth-order valence-electron chi connectivity index (χ4n) is 2.21. The molecule has 0 aliphatic carbocycles. The molecule has 9 atom stereocenters. The Morgan fingerprint density at radius 2 is 1.43 bits per heavy atom. The predicted molar refractivity (Wildman–Crippen MR) is 62.6 cm³/mol. The molecule has 0 amide bonds. The van der Waals surface area contributed by atoms with Gasteiger partial charge in [-0.3, -0.25) is 0 Å².